The molecule has 150 valence electrons. The number of nitrogen functional groups attached to an aromatic ring is 1. The van der Waals surface area contributed by atoms with Crippen LogP contribution in [0.5, 0.6) is 0 Å². The van der Waals surface area contributed by atoms with Crippen molar-refractivity contribution in [1.29, 1.82) is 0 Å². The summed E-state index contributed by atoms with van der Waals surface area (Å²) >= 11 is 2.97. The molecule has 2 aromatic carbocycles. The normalized spacial score (nSPS) is 11.6. The molecule has 4 N–H and O–H groups in total. The molecular weight excluding hydrogens is 404 g/mol. The lowest BCUT2D eigenvalue weighted by molar-refractivity contribution is -0.118. The number of nitrogens with zero attached hydrogens (tertiary/aromatic N) is 1. The molecule has 0 aliphatic heterocycles. The molecule has 2 amide bonds. The maximum absolute atomic E-state index is 12.8. The number of hydrogen-bond donors (Lipinski definition) is 3. The van der Waals surface area contributed by atoms with Gasteiger partial charge in [0, 0.05) is 22.2 Å². The third-order valence-electron chi connectivity index (χ3n) is 4.19. The molecule has 0 fully saturated rings. The van der Waals surface area contributed by atoms with Crippen molar-refractivity contribution in [2.45, 2.75) is 12.5 Å². The lowest BCUT2D eigenvalue weighted by atomic mass is 10.1. The molecule has 0 radical (unpaired) electrons. The summed E-state index contributed by atoms with van der Waals surface area (Å²) in [5.41, 5.74) is 8.46. The first-order chi connectivity index (χ1) is 14.1. The molecule has 3 aromatic rings. The number of benzene rings is 2. The molecular formula is C21H22N4O2S2. The Balaban J connectivity index is 1.69. The first kappa shape index (κ1) is 20.9. The van der Waals surface area contributed by atoms with Crippen LogP contribution < -0.4 is 16.4 Å². The monoisotopic (exact) mass is 426 g/mol. The van der Waals surface area contributed by atoms with Crippen LogP contribution in [-0.2, 0) is 4.79 Å². The Bertz CT molecular complexity index is 976. The Hall–Kier alpha value is -2.84. The van der Waals surface area contributed by atoms with E-state index in [1.807, 2.05) is 42.0 Å². The molecule has 3 rings (SSSR count). The van der Waals surface area contributed by atoms with Crippen LogP contribution in [0.1, 0.15) is 16.8 Å². The fourth-order valence-corrected chi connectivity index (χ4v) is 3.89. The van der Waals surface area contributed by atoms with Crippen molar-refractivity contribution in [3.05, 3.63) is 65.5 Å². The Morgan fingerprint density at radius 3 is 2.69 bits per heavy atom. The molecule has 1 aromatic heterocycles. The van der Waals surface area contributed by atoms with Crippen LogP contribution in [0.25, 0.3) is 11.3 Å². The van der Waals surface area contributed by atoms with Gasteiger partial charge in [-0.2, -0.15) is 11.8 Å². The zero-order valence-electron chi connectivity index (χ0n) is 15.9. The number of nitrogens with one attached hydrogen (secondary N) is 2. The van der Waals surface area contributed by atoms with E-state index in [2.05, 4.69) is 15.6 Å². The minimum absolute atomic E-state index is 0.287. The highest BCUT2D eigenvalue weighted by atomic mass is 32.2. The number of amides is 2. The van der Waals surface area contributed by atoms with Crippen LogP contribution in [0.4, 0.5) is 10.8 Å². The highest BCUT2D eigenvalue weighted by Gasteiger charge is 2.22. The fraction of sp³-hybridized carbons (Fsp3) is 0.190. The van der Waals surface area contributed by atoms with Crippen LogP contribution in [0.2, 0.25) is 0 Å². The number of rotatable bonds is 8. The van der Waals surface area contributed by atoms with Gasteiger partial charge < -0.3 is 16.4 Å². The molecule has 29 heavy (non-hydrogen) atoms. The molecule has 0 saturated heterocycles. The molecule has 0 aliphatic rings. The van der Waals surface area contributed by atoms with E-state index >= 15 is 0 Å². The van der Waals surface area contributed by atoms with Gasteiger partial charge in [-0.1, -0.05) is 36.4 Å². The minimum Gasteiger partial charge on any atom is -0.399 e. The summed E-state index contributed by atoms with van der Waals surface area (Å²) < 4.78 is 0. The van der Waals surface area contributed by atoms with Crippen molar-refractivity contribution < 1.29 is 9.59 Å². The van der Waals surface area contributed by atoms with Gasteiger partial charge in [0.2, 0.25) is 5.91 Å². The van der Waals surface area contributed by atoms with Crippen LogP contribution >= 0.6 is 23.1 Å². The summed E-state index contributed by atoms with van der Waals surface area (Å²) in [6, 6.07) is 15.8. The largest absolute Gasteiger partial charge is 0.399 e. The summed E-state index contributed by atoms with van der Waals surface area (Å²) in [5, 5.41) is 8.04. The van der Waals surface area contributed by atoms with Gasteiger partial charge in [-0.25, -0.2) is 4.98 Å². The van der Waals surface area contributed by atoms with Gasteiger partial charge in [0.1, 0.15) is 6.04 Å². The minimum atomic E-state index is -0.666. The Labute approximate surface area is 177 Å². The fourth-order valence-electron chi connectivity index (χ4n) is 2.69. The summed E-state index contributed by atoms with van der Waals surface area (Å²) in [4.78, 5) is 29.8. The molecule has 1 atom stereocenters. The second-order valence-corrected chi connectivity index (χ2v) is 8.17. The number of nitrogens with two attached hydrogens (primary N) is 1. The maximum Gasteiger partial charge on any atom is 0.252 e. The maximum atomic E-state index is 12.8. The predicted molar refractivity (Wildman–Crippen MR) is 121 cm³/mol. The van der Waals surface area contributed by atoms with Crippen molar-refractivity contribution in [2.24, 2.45) is 0 Å². The van der Waals surface area contributed by atoms with Crippen LogP contribution in [-0.4, -0.2) is 34.8 Å². The SMILES string of the molecule is CSCC[C@H](NC(=O)c1cccc(N)c1)C(=O)Nc1nc(-c2ccccc2)cs1. The van der Waals surface area contributed by atoms with E-state index in [0.717, 1.165) is 17.0 Å². The smallest absolute Gasteiger partial charge is 0.252 e. The molecule has 1 heterocycles. The van der Waals surface area contributed by atoms with E-state index in [1.54, 1.807) is 36.0 Å². The van der Waals surface area contributed by atoms with Gasteiger partial charge in [-0.15, -0.1) is 11.3 Å². The summed E-state index contributed by atoms with van der Waals surface area (Å²) in [5.74, 6) is 0.121. The molecule has 0 aliphatic carbocycles. The predicted octanol–water partition coefficient (Wildman–Crippen LogP) is 3.88. The van der Waals surface area contributed by atoms with Crippen molar-refractivity contribution in [2.75, 3.05) is 23.1 Å². The standard InChI is InChI=1S/C21H22N4O2S2/c1-28-11-10-17(23-19(26)15-8-5-9-16(22)12-15)20(27)25-21-24-18(13-29-21)14-6-3-2-4-7-14/h2-9,12-13,17H,10-11,22H2,1H3,(H,23,26)(H,24,25,27)/t17-/m0/s1. The number of carbonyl (C=O) groups excluding carboxylic acids is 2. The third-order valence-corrected chi connectivity index (χ3v) is 5.59. The van der Waals surface area contributed by atoms with Gasteiger partial charge >= 0.3 is 0 Å². The quantitative estimate of drug-likeness (QED) is 0.475. The number of carbonyl (C=O) groups is 2. The van der Waals surface area contributed by atoms with Gasteiger partial charge in [0.25, 0.3) is 5.91 Å². The van der Waals surface area contributed by atoms with E-state index in [9.17, 15) is 9.59 Å². The molecule has 0 spiro atoms. The third kappa shape index (κ3) is 5.82. The summed E-state index contributed by atoms with van der Waals surface area (Å²) in [6.45, 7) is 0. The molecule has 0 bridgehead atoms. The van der Waals surface area contributed by atoms with Gasteiger partial charge in [-0.3, -0.25) is 9.59 Å². The average Bonchev–Trinajstić information content (AvgIpc) is 3.20. The number of thioether (sulfide) groups is 1. The second kappa shape index (κ2) is 10.1. The highest BCUT2D eigenvalue weighted by molar-refractivity contribution is 7.98. The Kier molecular flexibility index (Phi) is 7.26. The van der Waals surface area contributed by atoms with Crippen LogP contribution in [0, 0.1) is 0 Å². The van der Waals surface area contributed by atoms with E-state index < -0.39 is 6.04 Å². The summed E-state index contributed by atoms with van der Waals surface area (Å²) in [6.07, 6.45) is 2.47. The van der Waals surface area contributed by atoms with Gasteiger partial charge in [0.05, 0.1) is 5.69 Å². The van der Waals surface area contributed by atoms with E-state index in [-0.39, 0.29) is 11.8 Å². The second-order valence-electron chi connectivity index (χ2n) is 6.33. The highest BCUT2D eigenvalue weighted by Crippen LogP contribution is 2.24. The Morgan fingerprint density at radius 1 is 1.17 bits per heavy atom. The van der Waals surface area contributed by atoms with E-state index in [4.69, 9.17) is 5.73 Å². The zero-order chi connectivity index (χ0) is 20.6. The molecule has 6 nitrogen and oxygen atoms in total. The Morgan fingerprint density at radius 2 is 1.97 bits per heavy atom. The van der Waals surface area contributed by atoms with E-state index in [0.29, 0.717) is 22.8 Å². The molecule has 0 unspecified atom stereocenters. The van der Waals surface area contributed by atoms with Crippen molar-refractivity contribution in [3.8, 4) is 11.3 Å². The number of anilines is 2. The lowest BCUT2D eigenvalue weighted by Crippen LogP contribution is -2.44. The number of aromatic nitrogens is 1. The topological polar surface area (TPSA) is 97.1 Å². The number of hydrogen-bond acceptors (Lipinski definition) is 6. The summed E-state index contributed by atoms with van der Waals surface area (Å²) in [7, 11) is 0. The lowest BCUT2D eigenvalue weighted by Gasteiger charge is -2.17. The average molecular weight is 427 g/mol. The molecule has 8 heteroatoms. The van der Waals surface area contributed by atoms with Crippen molar-refractivity contribution in [1.82, 2.24) is 10.3 Å². The van der Waals surface area contributed by atoms with E-state index in [1.165, 1.54) is 11.3 Å². The van der Waals surface area contributed by atoms with Crippen LogP contribution in [0.15, 0.2) is 60.0 Å². The molecule has 0 saturated carbocycles. The number of thiazole rings is 1. The first-order valence-corrected chi connectivity index (χ1v) is 11.3. The van der Waals surface area contributed by atoms with Gasteiger partial charge in [0.15, 0.2) is 5.13 Å². The zero-order valence-corrected chi connectivity index (χ0v) is 17.6. The van der Waals surface area contributed by atoms with Crippen molar-refractivity contribution >= 4 is 45.7 Å². The van der Waals surface area contributed by atoms with Crippen molar-refractivity contribution in [3.63, 3.8) is 0 Å². The van der Waals surface area contributed by atoms with Gasteiger partial charge in [-0.05, 0) is 36.6 Å². The first-order valence-electron chi connectivity index (χ1n) is 9.04. The van der Waals surface area contributed by atoms with Crippen LogP contribution in [0.3, 0.4) is 0 Å².